The fourth-order valence-corrected chi connectivity index (χ4v) is 4.22. The Morgan fingerprint density at radius 3 is 2.18 bits per heavy atom. The predicted molar refractivity (Wildman–Crippen MR) is 142 cm³/mol. The first-order valence-corrected chi connectivity index (χ1v) is 11.4. The molecule has 160 valence electrons. The molecule has 33 heavy (non-hydrogen) atoms. The van der Waals surface area contributed by atoms with Crippen LogP contribution in [0.5, 0.6) is 0 Å². The number of rotatable bonds is 4. The lowest BCUT2D eigenvalue weighted by molar-refractivity contribution is 0.669. The number of halogens is 1. The predicted octanol–water partition coefficient (Wildman–Crippen LogP) is 8.28. The van der Waals surface area contributed by atoms with Gasteiger partial charge in [-0.15, -0.1) is 0 Å². The highest BCUT2D eigenvalue weighted by Gasteiger charge is 2.16. The third kappa shape index (κ3) is 4.30. The molecule has 0 saturated carbocycles. The summed E-state index contributed by atoms with van der Waals surface area (Å²) >= 11 is 3.59. The molecule has 0 fully saturated rings. The van der Waals surface area contributed by atoms with E-state index in [2.05, 4.69) is 28.6 Å². The van der Waals surface area contributed by atoms with Gasteiger partial charge in [0.15, 0.2) is 5.84 Å². The van der Waals surface area contributed by atoms with Crippen LogP contribution in [0.1, 0.15) is 23.6 Å². The van der Waals surface area contributed by atoms with Crippen LogP contribution in [-0.2, 0) is 0 Å². The van der Waals surface area contributed by atoms with Crippen LogP contribution in [0.4, 0.5) is 0 Å². The van der Waals surface area contributed by atoms with E-state index in [1.165, 1.54) is 0 Å². The van der Waals surface area contributed by atoms with Crippen LogP contribution in [0.2, 0.25) is 0 Å². The number of nitrogens with zero attached hydrogens (tertiary/aromatic N) is 2. The first-order valence-electron chi connectivity index (χ1n) is 10.6. The molecule has 0 radical (unpaired) electrons. The fourth-order valence-electron chi connectivity index (χ4n) is 3.86. The average Bonchev–Trinajstić information content (AvgIpc) is 3.22. The van der Waals surface area contributed by atoms with E-state index in [-0.39, 0.29) is 0 Å². The molecular formula is C29H21BrN2O. The largest absolute Gasteiger partial charge is 0.456 e. The molecule has 5 rings (SSSR count). The van der Waals surface area contributed by atoms with Gasteiger partial charge in [0, 0.05) is 26.5 Å². The van der Waals surface area contributed by atoms with Crippen LogP contribution >= 0.6 is 15.9 Å². The summed E-state index contributed by atoms with van der Waals surface area (Å²) in [5, 5.41) is 2.00. The number of benzene rings is 4. The van der Waals surface area contributed by atoms with E-state index in [9.17, 15) is 0 Å². The Morgan fingerprint density at radius 1 is 0.758 bits per heavy atom. The molecule has 0 unspecified atom stereocenters. The van der Waals surface area contributed by atoms with Gasteiger partial charge in [0.05, 0.1) is 5.70 Å². The maximum Gasteiger partial charge on any atom is 0.160 e. The first kappa shape index (κ1) is 21.1. The zero-order valence-corrected chi connectivity index (χ0v) is 19.7. The molecule has 0 bridgehead atoms. The van der Waals surface area contributed by atoms with Crippen molar-refractivity contribution in [2.24, 2.45) is 9.98 Å². The zero-order valence-electron chi connectivity index (χ0n) is 18.1. The number of hydrogen-bond donors (Lipinski definition) is 0. The van der Waals surface area contributed by atoms with Crippen LogP contribution in [0.15, 0.2) is 123 Å². The lowest BCUT2D eigenvalue weighted by Gasteiger charge is -2.08. The summed E-state index contributed by atoms with van der Waals surface area (Å²) in [6.07, 6.45) is 0. The number of furan rings is 1. The molecule has 0 spiro atoms. The standard InChI is InChI=1S/C29H21BrN2O/c1-19(21-10-5-3-6-11-21)31-29(32-20(2)22-12-7-4-8-13-22)24-14-9-15-27-28(24)25-18-23(30)16-17-26(25)33-27/h3-18H,1H2,2H3. The molecule has 0 atom stereocenters. The molecule has 0 aliphatic heterocycles. The van der Waals surface area contributed by atoms with Gasteiger partial charge in [-0.2, -0.15) is 0 Å². The molecule has 1 heterocycles. The maximum atomic E-state index is 6.13. The number of aliphatic imine (C=N–C) groups is 2. The first-order chi connectivity index (χ1) is 16.1. The Bertz CT molecular complexity index is 1530. The quantitative estimate of drug-likeness (QED) is 0.183. The topological polar surface area (TPSA) is 37.9 Å². The molecule has 0 aliphatic rings. The van der Waals surface area contributed by atoms with E-state index < -0.39 is 0 Å². The third-order valence-corrected chi connectivity index (χ3v) is 6.00. The smallest absolute Gasteiger partial charge is 0.160 e. The minimum absolute atomic E-state index is 0.596. The lowest BCUT2D eigenvalue weighted by atomic mass is 10.0. The summed E-state index contributed by atoms with van der Waals surface area (Å²) in [6.45, 7) is 6.23. The third-order valence-electron chi connectivity index (χ3n) is 5.51. The minimum atomic E-state index is 0.596. The summed E-state index contributed by atoms with van der Waals surface area (Å²) < 4.78 is 7.12. The minimum Gasteiger partial charge on any atom is -0.456 e. The maximum absolute atomic E-state index is 6.13. The van der Waals surface area contributed by atoms with Crippen molar-refractivity contribution in [3.05, 3.63) is 125 Å². The van der Waals surface area contributed by atoms with Gasteiger partial charge in [0.25, 0.3) is 0 Å². The van der Waals surface area contributed by atoms with E-state index in [1.807, 2.05) is 97.9 Å². The highest BCUT2D eigenvalue weighted by Crippen LogP contribution is 2.34. The lowest BCUT2D eigenvalue weighted by Crippen LogP contribution is -2.04. The second kappa shape index (κ2) is 9.00. The number of amidine groups is 1. The Labute approximate surface area is 200 Å². The van der Waals surface area contributed by atoms with E-state index in [1.54, 1.807) is 0 Å². The SMILES string of the molecule is C=C(N=C(N=C(C)c1ccccc1)c1cccc2oc3ccc(Br)cc3c12)c1ccccc1. The normalized spacial score (nSPS) is 12.4. The van der Waals surface area contributed by atoms with Crippen LogP contribution in [0.3, 0.4) is 0 Å². The van der Waals surface area contributed by atoms with Crippen molar-refractivity contribution in [3.8, 4) is 0 Å². The highest BCUT2D eigenvalue weighted by molar-refractivity contribution is 9.10. The molecule has 0 saturated heterocycles. The molecule has 1 aromatic heterocycles. The molecule has 0 N–H and O–H groups in total. The van der Waals surface area contributed by atoms with E-state index in [4.69, 9.17) is 14.4 Å². The van der Waals surface area contributed by atoms with Gasteiger partial charge >= 0.3 is 0 Å². The molecule has 0 amide bonds. The van der Waals surface area contributed by atoms with Gasteiger partial charge in [0.1, 0.15) is 11.2 Å². The van der Waals surface area contributed by atoms with Crippen LogP contribution in [-0.4, -0.2) is 11.5 Å². The van der Waals surface area contributed by atoms with Crippen molar-refractivity contribution in [2.75, 3.05) is 0 Å². The van der Waals surface area contributed by atoms with Crippen molar-refractivity contribution in [1.29, 1.82) is 0 Å². The van der Waals surface area contributed by atoms with Gasteiger partial charge < -0.3 is 4.42 Å². The Kier molecular flexibility index (Phi) is 5.76. The van der Waals surface area contributed by atoms with Gasteiger partial charge in [-0.3, -0.25) is 0 Å². The molecule has 4 heteroatoms. The summed E-state index contributed by atoms with van der Waals surface area (Å²) in [6, 6.07) is 32.1. The molecule has 3 nitrogen and oxygen atoms in total. The van der Waals surface area contributed by atoms with E-state index >= 15 is 0 Å². The summed E-state index contributed by atoms with van der Waals surface area (Å²) in [7, 11) is 0. The van der Waals surface area contributed by atoms with Crippen molar-refractivity contribution >= 4 is 55.1 Å². The summed E-state index contributed by atoms with van der Waals surface area (Å²) in [4.78, 5) is 9.92. The van der Waals surface area contributed by atoms with E-state index in [0.717, 1.165) is 48.8 Å². The number of fused-ring (bicyclic) bond motifs is 3. The molecule has 5 aromatic rings. The number of hydrogen-bond acceptors (Lipinski definition) is 2. The monoisotopic (exact) mass is 492 g/mol. The zero-order chi connectivity index (χ0) is 22.8. The molecule has 4 aromatic carbocycles. The molecular weight excluding hydrogens is 472 g/mol. The Balaban J connectivity index is 1.75. The summed E-state index contributed by atoms with van der Waals surface area (Å²) in [5.74, 6) is 0.596. The van der Waals surface area contributed by atoms with Gasteiger partial charge in [-0.25, -0.2) is 9.98 Å². The fraction of sp³-hybridized carbons (Fsp3) is 0.0345. The van der Waals surface area contributed by atoms with Crippen molar-refractivity contribution < 1.29 is 4.42 Å². The summed E-state index contributed by atoms with van der Waals surface area (Å²) in [5.41, 5.74) is 6.05. The van der Waals surface area contributed by atoms with Crippen molar-refractivity contribution in [1.82, 2.24) is 0 Å². The van der Waals surface area contributed by atoms with Gasteiger partial charge in [0.2, 0.25) is 0 Å². The Morgan fingerprint density at radius 2 is 1.45 bits per heavy atom. The van der Waals surface area contributed by atoms with Crippen LogP contribution < -0.4 is 0 Å². The Hall–Kier alpha value is -3.76. The highest BCUT2D eigenvalue weighted by atomic mass is 79.9. The van der Waals surface area contributed by atoms with Crippen LogP contribution in [0.25, 0.3) is 27.6 Å². The second-order valence-electron chi connectivity index (χ2n) is 7.73. The van der Waals surface area contributed by atoms with Crippen molar-refractivity contribution in [2.45, 2.75) is 6.92 Å². The van der Waals surface area contributed by atoms with Crippen molar-refractivity contribution in [3.63, 3.8) is 0 Å². The van der Waals surface area contributed by atoms with E-state index in [0.29, 0.717) is 11.5 Å². The van der Waals surface area contributed by atoms with Gasteiger partial charge in [-0.05, 0) is 42.3 Å². The van der Waals surface area contributed by atoms with Crippen LogP contribution in [0, 0.1) is 0 Å². The molecule has 0 aliphatic carbocycles. The van der Waals surface area contributed by atoms with Gasteiger partial charge in [-0.1, -0.05) is 95.3 Å². The average molecular weight is 493 g/mol. The second-order valence-corrected chi connectivity index (χ2v) is 8.65.